The Morgan fingerprint density at radius 3 is 1.47 bits per heavy atom. The van der Waals surface area contributed by atoms with Crippen molar-refractivity contribution in [2.45, 2.75) is 80.8 Å². The molecule has 0 radical (unpaired) electrons. The fourth-order valence-corrected chi connectivity index (χ4v) is 4.25. The van der Waals surface area contributed by atoms with Crippen molar-refractivity contribution < 1.29 is 0 Å². The molecule has 2 aromatic heterocycles. The van der Waals surface area contributed by atoms with Crippen molar-refractivity contribution in [3.05, 3.63) is 94.6 Å². The predicted octanol–water partition coefficient (Wildman–Crippen LogP) is 6.76. The van der Waals surface area contributed by atoms with Crippen molar-refractivity contribution in [2.75, 3.05) is 21.1 Å². The van der Waals surface area contributed by atoms with Crippen molar-refractivity contribution in [1.29, 1.82) is 0 Å². The summed E-state index contributed by atoms with van der Waals surface area (Å²) in [6.07, 6.45) is 5.68. The minimum absolute atomic E-state index is 1.01. The summed E-state index contributed by atoms with van der Waals surface area (Å²) in [5, 5.41) is 0. The van der Waals surface area contributed by atoms with E-state index < -0.39 is 0 Å². The number of fused-ring (bicyclic) bond motifs is 3. The highest BCUT2D eigenvalue weighted by molar-refractivity contribution is 5.30. The first-order valence-corrected chi connectivity index (χ1v) is 13.6. The minimum atomic E-state index is 1.01. The molecule has 0 atom stereocenters. The maximum Gasteiger partial charge on any atom is 0.0588 e. The number of aromatic nitrogens is 2. The van der Waals surface area contributed by atoms with Gasteiger partial charge in [0.05, 0.1) is 5.69 Å². The van der Waals surface area contributed by atoms with Crippen molar-refractivity contribution in [1.82, 2.24) is 24.7 Å². The average Bonchev–Trinajstić information content (AvgIpc) is 3.61. The summed E-state index contributed by atoms with van der Waals surface area (Å²) in [4.78, 5) is 15.2. The van der Waals surface area contributed by atoms with Gasteiger partial charge in [-0.15, -0.1) is 0 Å². The second kappa shape index (κ2) is 17.8. The van der Waals surface area contributed by atoms with E-state index in [4.69, 9.17) is 0 Å². The number of benzene rings is 1. The van der Waals surface area contributed by atoms with Gasteiger partial charge in [-0.25, -0.2) is 0 Å². The van der Waals surface area contributed by atoms with Gasteiger partial charge in [0.1, 0.15) is 0 Å². The zero-order valence-corrected chi connectivity index (χ0v) is 24.3. The zero-order valence-electron chi connectivity index (χ0n) is 24.3. The SMILES string of the molecule is CC.CC.CC.CN1Cc2ccccc2C1.CN1Cc2cccnc2C1.CN1Cc2ccncc2C1. The van der Waals surface area contributed by atoms with Crippen molar-refractivity contribution >= 4 is 0 Å². The molecule has 5 heteroatoms. The third-order valence-corrected chi connectivity index (χ3v) is 5.73. The second-order valence-electron chi connectivity index (χ2n) is 8.54. The van der Waals surface area contributed by atoms with Crippen LogP contribution in [0.25, 0.3) is 0 Å². The fourth-order valence-electron chi connectivity index (χ4n) is 4.25. The number of nitrogens with zero attached hydrogens (tertiary/aromatic N) is 5. The molecular formula is C31H49N5. The van der Waals surface area contributed by atoms with Crippen LogP contribution in [0.3, 0.4) is 0 Å². The molecule has 1 aromatic carbocycles. The van der Waals surface area contributed by atoms with Gasteiger partial charge in [-0.05, 0) is 61.1 Å². The summed E-state index contributed by atoms with van der Waals surface area (Å²) in [5.41, 5.74) is 8.41. The van der Waals surface area contributed by atoms with E-state index in [0.717, 1.165) is 39.3 Å². The molecule has 0 amide bonds. The molecule has 3 aliphatic rings. The highest BCUT2D eigenvalue weighted by atomic mass is 15.1. The summed E-state index contributed by atoms with van der Waals surface area (Å²) >= 11 is 0. The Kier molecular flexibility index (Phi) is 15.5. The molecule has 198 valence electrons. The molecule has 6 rings (SSSR count). The molecule has 3 aromatic rings. The summed E-state index contributed by atoms with van der Waals surface area (Å²) in [6.45, 7) is 18.5. The lowest BCUT2D eigenvalue weighted by Crippen LogP contribution is -2.07. The monoisotopic (exact) mass is 491 g/mol. The van der Waals surface area contributed by atoms with E-state index in [1.807, 2.05) is 66.2 Å². The Labute approximate surface area is 221 Å². The van der Waals surface area contributed by atoms with E-state index in [9.17, 15) is 0 Å². The highest BCUT2D eigenvalue weighted by Gasteiger charge is 2.15. The van der Waals surface area contributed by atoms with Crippen LogP contribution in [0.15, 0.2) is 61.1 Å². The molecule has 0 saturated carbocycles. The van der Waals surface area contributed by atoms with Crippen LogP contribution < -0.4 is 0 Å². The van der Waals surface area contributed by atoms with Crippen LogP contribution in [0.2, 0.25) is 0 Å². The van der Waals surface area contributed by atoms with Crippen LogP contribution in [0, 0.1) is 0 Å². The van der Waals surface area contributed by atoms with Gasteiger partial charge in [0.15, 0.2) is 0 Å². The minimum Gasteiger partial charge on any atom is -0.298 e. The van der Waals surface area contributed by atoms with E-state index in [0.29, 0.717) is 0 Å². The van der Waals surface area contributed by atoms with E-state index in [1.165, 1.54) is 33.5 Å². The second-order valence-corrected chi connectivity index (χ2v) is 8.54. The molecule has 0 unspecified atom stereocenters. The predicted molar refractivity (Wildman–Crippen MR) is 154 cm³/mol. The van der Waals surface area contributed by atoms with Crippen LogP contribution in [0.4, 0.5) is 0 Å². The standard InChI is InChI=1S/C9H11N.2C8H10N2.3C2H6/c1-10-6-8-4-2-3-5-9(8)7-10;1-10-5-7-2-3-9-4-8(7)6-10;1-10-5-7-3-2-4-9-8(7)6-10;3*1-2/h2-5H,6-7H2,1H3;2*2-4H,5-6H2,1H3;3*1-2H3. The Morgan fingerprint density at radius 2 is 0.944 bits per heavy atom. The summed E-state index contributed by atoms with van der Waals surface area (Å²) in [7, 11) is 6.39. The summed E-state index contributed by atoms with van der Waals surface area (Å²) in [6, 6.07) is 14.9. The van der Waals surface area contributed by atoms with Gasteiger partial charge in [0, 0.05) is 57.9 Å². The smallest absolute Gasteiger partial charge is 0.0588 e. The maximum atomic E-state index is 4.27. The Bertz CT molecular complexity index is 786. The number of pyridine rings is 2. The van der Waals surface area contributed by atoms with Crippen LogP contribution >= 0.6 is 0 Å². The zero-order chi connectivity index (χ0) is 26.9. The molecule has 0 spiro atoms. The molecule has 0 saturated heterocycles. The maximum absolute atomic E-state index is 4.27. The Morgan fingerprint density at radius 1 is 0.500 bits per heavy atom. The molecule has 36 heavy (non-hydrogen) atoms. The number of rotatable bonds is 0. The molecule has 0 fully saturated rings. The van der Waals surface area contributed by atoms with E-state index >= 15 is 0 Å². The largest absolute Gasteiger partial charge is 0.298 e. The Balaban J connectivity index is 0.000000244. The van der Waals surface area contributed by atoms with E-state index in [2.05, 4.69) is 82.2 Å². The molecule has 0 N–H and O–H groups in total. The molecule has 5 heterocycles. The third kappa shape index (κ3) is 9.81. The van der Waals surface area contributed by atoms with Gasteiger partial charge < -0.3 is 0 Å². The molecule has 0 bridgehead atoms. The van der Waals surface area contributed by atoms with Gasteiger partial charge in [-0.3, -0.25) is 24.7 Å². The first kappa shape index (κ1) is 31.4. The first-order valence-electron chi connectivity index (χ1n) is 13.6. The van der Waals surface area contributed by atoms with Crippen molar-refractivity contribution in [3.8, 4) is 0 Å². The highest BCUT2D eigenvalue weighted by Crippen LogP contribution is 2.20. The fraction of sp³-hybridized carbons (Fsp3) is 0.484. The normalized spacial score (nSPS) is 14.9. The Hall–Kier alpha value is -2.60. The van der Waals surface area contributed by atoms with E-state index in [-0.39, 0.29) is 0 Å². The van der Waals surface area contributed by atoms with Gasteiger partial charge in [0.2, 0.25) is 0 Å². The molecular weight excluding hydrogens is 442 g/mol. The van der Waals surface area contributed by atoms with Crippen LogP contribution in [-0.2, 0) is 39.3 Å². The average molecular weight is 492 g/mol. The third-order valence-electron chi connectivity index (χ3n) is 5.73. The lowest BCUT2D eigenvalue weighted by molar-refractivity contribution is 0.351. The number of hydrogen-bond donors (Lipinski definition) is 0. The quantitative estimate of drug-likeness (QED) is 0.347. The number of hydrogen-bond acceptors (Lipinski definition) is 5. The van der Waals surface area contributed by atoms with Crippen LogP contribution in [0.1, 0.15) is 75.1 Å². The van der Waals surface area contributed by atoms with Crippen molar-refractivity contribution in [3.63, 3.8) is 0 Å². The van der Waals surface area contributed by atoms with Gasteiger partial charge in [-0.1, -0.05) is 71.9 Å². The topological polar surface area (TPSA) is 35.5 Å². The van der Waals surface area contributed by atoms with Crippen LogP contribution in [-0.4, -0.2) is 45.8 Å². The van der Waals surface area contributed by atoms with Gasteiger partial charge >= 0.3 is 0 Å². The first-order chi connectivity index (χ1) is 17.6. The van der Waals surface area contributed by atoms with Crippen LogP contribution in [0.5, 0.6) is 0 Å². The lowest BCUT2D eigenvalue weighted by Gasteiger charge is -2.02. The molecule has 0 aliphatic carbocycles. The van der Waals surface area contributed by atoms with Gasteiger partial charge in [0.25, 0.3) is 0 Å². The summed E-state index contributed by atoms with van der Waals surface area (Å²) < 4.78 is 0. The lowest BCUT2D eigenvalue weighted by atomic mass is 10.1. The van der Waals surface area contributed by atoms with Gasteiger partial charge in [-0.2, -0.15) is 0 Å². The molecule has 5 nitrogen and oxygen atoms in total. The summed E-state index contributed by atoms with van der Waals surface area (Å²) in [5.74, 6) is 0. The van der Waals surface area contributed by atoms with E-state index in [1.54, 1.807) is 0 Å². The molecule has 3 aliphatic heterocycles. The van der Waals surface area contributed by atoms with Crippen molar-refractivity contribution in [2.24, 2.45) is 0 Å².